The van der Waals surface area contributed by atoms with Gasteiger partial charge in [-0.1, -0.05) is 32.6 Å². The van der Waals surface area contributed by atoms with E-state index < -0.39 is 0 Å². The van der Waals surface area contributed by atoms with Crippen molar-refractivity contribution in [1.29, 1.82) is 0 Å². The first-order chi connectivity index (χ1) is 5.72. The number of nitrogens with one attached hydrogen (secondary N) is 1. The summed E-state index contributed by atoms with van der Waals surface area (Å²) in [7, 11) is 1.80. The molecule has 1 aliphatic carbocycles. The minimum absolute atomic E-state index is 0.0648. The van der Waals surface area contributed by atoms with Crippen molar-refractivity contribution in [2.45, 2.75) is 52.0 Å². The van der Waals surface area contributed by atoms with E-state index in [1.807, 2.05) is 6.92 Å². The molecule has 2 nitrogen and oxygen atoms in total. The Labute approximate surface area is 75.7 Å². The molecule has 1 atom stereocenters. The predicted molar refractivity (Wildman–Crippen MR) is 52.3 cm³/mol. The van der Waals surface area contributed by atoms with Crippen LogP contribution >= 0.6 is 0 Å². The van der Waals surface area contributed by atoms with Crippen molar-refractivity contribution < 1.29 is 4.79 Å². The Hall–Kier alpha value is -0.370. The molecule has 1 unspecified atom stereocenters. The highest BCUT2D eigenvalue weighted by molar-refractivity contribution is 5.81. The number of hydrogen-bond donors (Lipinski definition) is 1. The average molecular weight is 171 g/mol. The molecule has 1 fully saturated rings. The number of Topliss-reactive ketones (excluding diaryl/α,β-unsaturated/α-hetero) is 1. The van der Waals surface area contributed by atoms with Crippen molar-refractivity contribution >= 4 is 5.78 Å². The summed E-state index contributed by atoms with van der Waals surface area (Å²) in [5.41, 5.74) is 0. The van der Waals surface area contributed by atoms with E-state index in [4.69, 9.17) is 0 Å². The fourth-order valence-corrected chi connectivity index (χ4v) is 0.945. The average Bonchev–Trinajstić information content (AvgIpc) is 1.85. The molecule has 0 aromatic heterocycles. The van der Waals surface area contributed by atoms with Gasteiger partial charge in [-0.25, -0.2) is 0 Å². The van der Waals surface area contributed by atoms with E-state index in [2.05, 4.69) is 5.32 Å². The monoisotopic (exact) mass is 171 g/mol. The van der Waals surface area contributed by atoms with Crippen molar-refractivity contribution in [3.8, 4) is 0 Å². The number of likely N-dealkylation sites (N-methyl/N-ethyl adjacent to an activating group) is 1. The standard InChI is InChI=1S/C6H13NO.C4H8/c1-4-6(7-3)5(2)8;1-2-4-3-1/h6-7H,4H2,1-3H3;1-4H2. The Bertz CT molecular complexity index is 111. The smallest absolute Gasteiger partial charge is 0.146 e. The van der Waals surface area contributed by atoms with Crippen molar-refractivity contribution in [2.24, 2.45) is 0 Å². The Kier molecular flexibility index (Phi) is 7.06. The van der Waals surface area contributed by atoms with E-state index in [9.17, 15) is 4.79 Å². The summed E-state index contributed by atoms with van der Waals surface area (Å²) in [5, 5.41) is 2.90. The number of carbonyl (C=O) groups excluding carboxylic acids is 1. The lowest BCUT2D eigenvalue weighted by Gasteiger charge is -2.07. The van der Waals surface area contributed by atoms with Crippen molar-refractivity contribution in [3.63, 3.8) is 0 Å². The van der Waals surface area contributed by atoms with E-state index in [1.54, 1.807) is 14.0 Å². The van der Waals surface area contributed by atoms with Crippen molar-refractivity contribution in [2.75, 3.05) is 7.05 Å². The van der Waals surface area contributed by atoms with Gasteiger partial charge in [0.05, 0.1) is 6.04 Å². The maximum atomic E-state index is 10.5. The summed E-state index contributed by atoms with van der Waals surface area (Å²) in [6.07, 6.45) is 6.88. The van der Waals surface area contributed by atoms with Gasteiger partial charge in [0.25, 0.3) is 0 Å². The van der Waals surface area contributed by atoms with E-state index in [1.165, 1.54) is 25.7 Å². The molecule has 2 heteroatoms. The van der Waals surface area contributed by atoms with Crippen LogP contribution in [0.4, 0.5) is 0 Å². The first-order valence-corrected chi connectivity index (χ1v) is 4.90. The first kappa shape index (κ1) is 11.6. The van der Waals surface area contributed by atoms with Crippen molar-refractivity contribution in [3.05, 3.63) is 0 Å². The fraction of sp³-hybridized carbons (Fsp3) is 0.900. The van der Waals surface area contributed by atoms with Crippen LogP contribution in [0.3, 0.4) is 0 Å². The van der Waals surface area contributed by atoms with E-state index in [-0.39, 0.29) is 11.8 Å². The van der Waals surface area contributed by atoms with Gasteiger partial charge in [0.15, 0.2) is 0 Å². The highest BCUT2D eigenvalue weighted by Gasteiger charge is 2.05. The molecule has 0 saturated heterocycles. The SMILES string of the molecule is C1CCC1.CCC(NC)C(C)=O. The van der Waals surface area contributed by atoms with Gasteiger partial charge in [-0.2, -0.15) is 0 Å². The quantitative estimate of drug-likeness (QED) is 0.705. The molecule has 0 radical (unpaired) electrons. The number of ketones is 1. The molecule has 1 saturated carbocycles. The van der Waals surface area contributed by atoms with Gasteiger partial charge in [-0.3, -0.25) is 4.79 Å². The van der Waals surface area contributed by atoms with Crippen LogP contribution in [0.15, 0.2) is 0 Å². The van der Waals surface area contributed by atoms with Crippen LogP contribution in [-0.2, 0) is 4.79 Å². The zero-order chi connectivity index (χ0) is 9.40. The van der Waals surface area contributed by atoms with Gasteiger partial charge in [-0.05, 0) is 20.4 Å². The molecule has 0 aliphatic heterocycles. The largest absolute Gasteiger partial charge is 0.311 e. The molecule has 0 amide bonds. The van der Waals surface area contributed by atoms with Gasteiger partial charge in [-0.15, -0.1) is 0 Å². The molecule has 1 aliphatic rings. The second kappa shape index (κ2) is 7.29. The molecule has 0 heterocycles. The lowest BCUT2D eigenvalue weighted by atomic mass is 10.0. The van der Waals surface area contributed by atoms with Gasteiger partial charge >= 0.3 is 0 Å². The maximum Gasteiger partial charge on any atom is 0.146 e. The highest BCUT2D eigenvalue weighted by Crippen LogP contribution is 2.15. The minimum Gasteiger partial charge on any atom is -0.311 e. The van der Waals surface area contributed by atoms with E-state index in [0.717, 1.165) is 6.42 Å². The molecule has 0 spiro atoms. The van der Waals surface area contributed by atoms with E-state index in [0.29, 0.717) is 0 Å². The van der Waals surface area contributed by atoms with Crippen LogP contribution in [0, 0.1) is 0 Å². The third-order valence-corrected chi connectivity index (χ3v) is 2.25. The number of rotatable bonds is 3. The molecule has 0 aromatic carbocycles. The molecular weight excluding hydrogens is 150 g/mol. The first-order valence-electron chi connectivity index (χ1n) is 4.90. The molecule has 1 rings (SSSR count). The molecule has 0 aromatic rings. The van der Waals surface area contributed by atoms with Crippen LogP contribution in [0.1, 0.15) is 46.0 Å². The summed E-state index contributed by atoms with van der Waals surface area (Å²) >= 11 is 0. The summed E-state index contributed by atoms with van der Waals surface area (Å²) in [6.45, 7) is 3.59. The minimum atomic E-state index is 0.0648. The molecule has 72 valence electrons. The molecular formula is C10H21NO. The van der Waals surface area contributed by atoms with Gasteiger partial charge in [0.1, 0.15) is 5.78 Å². The highest BCUT2D eigenvalue weighted by atomic mass is 16.1. The lowest BCUT2D eigenvalue weighted by molar-refractivity contribution is -0.118. The summed E-state index contributed by atoms with van der Waals surface area (Å²) < 4.78 is 0. The lowest BCUT2D eigenvalue weighted by Crippen LogP contribution is -2.31. The molecule has 1 N–H and O–H groups in total. The third-order valence-electron chi connectivity index (χ3n) is 2.25. The fourth-order valence-electron chi connectivity index (χ4n) is 0.945. The van der Waals surface area contributed by atoms with Gasteiger partial charge in [0.2, 0.25) is 0 Å². The molecule has 12 heavy (non-hydrogen) atoms. The summed E-state index contributed by atoms with van der Waals surface area (Å²) in [4.78, 5) is 10.5. The van der Waals surface area contributed by atoms with Crippen LogP contribution in [0.25, 0.3) is 0 Å². The summed E-state index contributed by atoms with van der Waals surface area (Å²) in [6, 6.07) is 0.0648. The Balaban J connectivity index is 0.000000247. The van der Waals surface area contributed by atoms with Gasteiger partial charge < -0.3 is 5.32 Å². The third kappa shape index (κ3) is 5.30. The van der Waals surface area contributed by atoms with Gasteiger partial charge in [0, 0.05) is 0 Å². The number of carbonyl (C=O) groups is 1. The summed E-state index contributed by atoms with van der Waals surface area (Å²) in [5.74, 6) is 0.218. The zero-order valence-corrected chi connectivity index (χ0v) is 8.52. The van der Waals surface area contributed by atoms with Crippen LogP contribution < -0.4 is 5.32 Å². The Morgan fingerprint density at radius 2 is 1.75 bits per heavy atom. The van der Waals surface area contributed by atoms with Crippen LogP contribution in [-0.4, -0.2) is 18.9 Å². The number of hydrogen-bond acceptors (Lipinski definition) is 2. The van der Waals surface area contributed by atoms with Crippen LogP contribution in [0.2, 0.25) is 0 Å². The van der Waals surface area contributed by atoms with Crippen LogP contribution in [0.5, 0.6) is 0 Å². The van der Waals surface area contributed by atoms with E-state index >= 15 is 0 Å². The van der Waals surface area contributed by atoms with Crippen molar-refractivity contribution in [1.82, 2.24) is 5.32 Å². The second-order valence-electron chi connectivity index (χ2n) is 3.27. The molecule has 0 bridgehead atoms. The zero-order valence-electron chi connectivity index (χ0n) is 8.52. The Morgan fingerprint density at radius 1 is 1.33 bits per heavy atom. The topological polar surface area (TPSA) is 29.1 Å². The normalized spacial score (nSPS) is 16.9. The Morgan fingerprint density at radius 3 is 1.75 bits per heavy atom. The second-order valence-corrected chi connectivity index (χ2v) is 3.27. The maximum absolute atomic E-state index is 10.5. The predicted octanol–water partition coefficient (Wildman–Crippen LogP) is 2.13.